The number of morpholine rings is 1. The predicted octanol–water partition coefficient (Wildman–Crippen LogP) is 0.909. The molecule has 3 rings (SSSR count). The molecule has 2 fully saturated rings. The zero-order valence-corrected chi connectivity index (χ0v) is 10.5. The summed E-state index contributed by atoms with van der Waals surface area (Å²) >= 11 is 0. The van der Waals surface area contributed by atoms with Gasteiger partial charge in [-0.1, -0.05) is 6.07 Å². The van der Waals surface area contributed by atoms with Gasteiger partial charge in [-0.2, -0.15) is 0 Å². The van der Waals surface area contributed by atoms with Crippen molar-refractivity contribution in [1.29, 1.82) is 0 Å². The predicted molar refractivity (Wildman–Crippen MR) is 67.3 cm³/mol. The van der Waals surface area contributed by atoms with Crippen LogP contribution in [-0.2, 0) is 4.74 Å². The highest BCUT2D eigenvalue weighted by molar-refractivity contribution is 5.41. The fourth-order valence-electron chi connectivity index (χ4n) is 2.75. The van der Waals surface area contributed by atoms with E-state index >= 15 is 0 Å². The summed E-state index contributed by atoms with van der Waals surface area (Å²) in [6, 6.07) is 6.72. The molecule has 2 atom stereocenters. The molecule has 0 aliphatic carbocycles. The molecule has 2 aliphatic heterocycles. The number of hydrogen-bond acceptors (Lipinski definition) is 4. The third-order valence-corrected chi connectivity index (χ3v) is 3.78. The Labute approximate surface area is 102 Å². The van der Waals surface area contributed by atoms with Gasteiger partial charge in [0.2, 0.25) is 0 Å². The first-order valence-electron chi connectivity index (χ1n) is 6.24. The van der Waals surface area contributed by atoms with Crippen molar-refractivity contribution in [2.75, 3.05) is 38.2 Å². The molecule has 0 radical (unpaired) electrons. The van der Waals surface area contributed by atoms with Gasteiger partial charge in [0.15, 0.2) is 0 Å². The van der Waals surface area contributed by atoms with E-state index in [9.17, 15) is 0 Å². The Kier molecular flexibility index (Phi) is 2.76. The van der Waals surface area contributed by atoms with Crippen LogP contribution in [0.25, 0.3) is 0 Å². The highest BCUT2D eigenvalue weighted by Crippen LogP contribution is 2.25. The normalized spacial score (nSPS) is 29.4. The molecule has 17 heavy (non-hydrogen) atoms. The lowest BCUT2D eigenvalue weighted by Gasteiger charge is -2.33. The first-order valence-corrected chi connectivity index (χ1v) is 6.24. The molecule has 2 aliphatic rings. The lowest BCUT2D eigenvalue weighted by atomic mass is 10.1. The van der Waals surface area contributed by atoms with Crippen molar-refractivity contribution in [3.8, 4) is 0 Å². The number of likely N-dealkylation sites (N-methyl/N-ethyl adjacent to an activating group) is 1. The highest BCUT2D eigenvalue weighted by Gasteiger charge is 2.38. The van der Waals surface area contributed by atoms with Gasteiger partial charge in [-0.15, -0.1) is 0 Å². The molecule has 0 saturated carbocycles. The molecule has 3 heterocycles. The molecule has 0 bridgehead atoms. The molecule has 0 aromatic carbocycles. The summed E-state index contributed by atoms with van der Waals surface area (Å²) in [5.74, 6) is 1.08. The minimum Gasteiger partial charge on any atom is -0.373 e. The number of anilines is 1. The number of hydrogen-bond donors (Lipinski definition) is 0. The Morgan fingerprint density at radius 2 is 2.24 bits per heavy atom. The molecular weight excluding hydrogens is 214 g/mol. The van der Waals surface area contributed by atoms with Gasteiger partial charge >= 0.3 is 0 Å². The maximum Gasteiger partial charge on any atom is 0.128 e. The SMILES string of the molecule is Cc1cccc(N2C[C@@H]3OCCN(C)[C@@H]3C2)n1. The minimum absolute atomic E-state index is 0.344. The second kappa shape index (κ2) is 4.27. The Hall–Kier alpha value is -1.13. The van der Waals surface area contributed by atoms with Gasteiger partial charge in [0.05, 0.1) is 18.8 Å². The van der Waals surface area contributed by atoms with E-state index in [0.717, 1.165) is 37.8 Å². The summed E-state index contributed by atoms with van der Waals surface area (Å²) in [5, 5.41) is 0. The lowest BCUT2D eigenvalue weighted by molar-refractivity contribution is -0.0362. The molecule has 0 spiro atoms. The molecule has 1 aromatic rings. The monoisotopic (exact) mass is 233 g/mol. The van der Waals surface area contributed by atoms with Crippen LogP contribution in [0.1, 0.15) is 5.69 Å². The molecular formula is C13H19N3O. The summed E-state index contributed by atoms with van der Waals surface area (Å²) in [7, 11) is 2.19. The number of ether oxygens (including phenoxy) is 1. The van der Waals surface area contributed by atoms with Gasteiger partial charge in [0.1, 0.15) is 5.82 Å². The first-order chi connectivity index (χ1) is 8.24. The third-order valence-electron chi connectivity index (χ3n) is 3.78. The van der Waals surface area contributed by atoms with Gasteiger partial charge in [0.25, 0.3) is 0 Å². The molecule has 1 aromatic heterocycles. The van der Waals surface area contributed by atoms with Crippen LogP contribution >= 0.6 is 0 Å². The van der Waals surface area contributed by atoms with E-state index in [1.807, 2.05) is 13.0 Å². The van der Waals surface area contributed by atoms with Crippen molar-refractivity contribution in [2.24, 2.45) is 0 Å². The second-order valence-corrected chi connectivity index (χ2v) is 5.00. The Bertz CT molecular complexity index is 409. The number of fused-ring (bicyclic) bond motifs is 1. The fourth-order valence-corrected chi connectivity index (χ4v) is 2.75. The quantitative estimate of drug-likeness (QED) is 0.721. The summed E-state index contributed by atoms with van der Waals surface area (Å²) in [6.45, 7) is 5.92. The number of pyridine rings is 1. The van der Waals surface area contributed by atoms with E-state index < -0.39 is 0 Å². The summed E-state index contributed by atoms with van der Waals surface area (Å²) < 4.78 is 5.84. The van der Waals surface area contributed by atoms with E-state index in [1.165, 1.54) is 0 Å². The zero-order chi connectivity index (χ0) is 11.8. The average Bonchev–Trinajstić information content (AvgIpc) is 2.74. The van der Waals surface area contributed by atoms with Crippen LogP contribution in [0.2, 0.25) is 0 Å². The largest absolute Gasteiger partial charge is 0.373 e. The summed E-state index contributed by atoms with van der Waals surface area (Å²) in [4.78, 5) is 9.33. The molecule has 4 heteroatoms. The van der Waals surface area contributed by atoms with Crippen LogP contribution in [0, 0.1) is 6.92 Å². The highest BCUT2D eigenvalue weighted by atomic mass is 16.5. The molecule has 4 nitrogen and oxygen atoms in total. The van der Waals surface area contributed by atoms with Crippen LogP contribution in [0.3, 0.4) is 0 Å². The summed E-state index contributed by atoms with van der Waals surface area (Å²) in [6.07, 6.45) is 0.344. The first kappa shape index (κ1) is 11.0. The van der Waals surface area contributed by atoms with Crippen molar-refractivity contribution in [2.45, 2.75) is 19.1 Å². The van der Waals surface area contributed by atoms with E-state index in [1.54, 1.807) is 0 Å². The van der Waals surface area contributed by atoms with E-state index in [-0.39, 0.29) is 0 Å². The van der Waals surface area contributed by atoms with Gasteiger partial charge < -0.3 is 9.64 Å². The van der Waals surface area contributed by atoms with E-state index in [2.05, 4.69) is 34.0 Å². The summed E-state index contributed by atoms with van der Waals surface area (Å²) in [5.41, 5.74) is 1.08. The van der Waals surface area contributed by atoms with Crippen LogP contribution in [0.5, 0.6) is 0 Å². The molecule has 0 unspecified atom stereocenters. The zero-order valence-electron chi connectivity index (χ0n) is 10.5. The van der Waals surface area contributed by atoms with Gasteiger partial charge in [-0.3, -0.25) is 4.90 Å². The standard InChI is InChI=1S/C13H19N3O/c1-10-4-3-5-13(14-10)16-8-11-12(9-16)17-7-6-15(11)2/h3-5,11-12H,6-9H2,1-2H3/t11-,12+/m1/s1. The van der Waals surface area contributed by atoms with Crippen LogP contribution in [0.4, 0.5) is 5.82 Å². The van der Waals surface area contributed by atoms with Crippen molar-refractivity contribution >= 4 is 5.82 Å². The third kappa shape index (κ3) is 2.03. The van der Waals surface area contributed by atoms with Crippen molar-refractivity contribution < 1.29 is 4.74 Å². The van der Waals surface area contributed by atoms with E-state index in [0.29, 0.717) is 12.1 Å². The Balaban J connectivity index is 1.79. The molecule has 0 N–H and O–H groups in total. The Morgan fingerprint density at radius 3 is 3.00 bits per heavy atom. The van der Waals surface area contributed by atoms with Crippen LogP contribution in [0.15, 0.2) is 18.2 Å². The maximum atomic E-state index is 5.84. The van der Waals surface area contributed by atoms with Crippen molar-refractivity contribution in [1.82, 2.24) is 9.88 Å². The number of nitrogens with zero attached hydrogens (tertiary/aromatic N) is 3. The Morgan fingerprint density at radius 1 is 1.35 bits per heavy atom. The molecule has 2 saturated heterocycles. The molecule has 0 amide bonds. The second-order valence-electron chi connectivity index (χ2n) is 5.00. The van der Waals surface area contributed by atoms with Crippen molar-refractivity contribution in [3.63, 3.8) is 0 Å². The minimum atomic E-state index is 0.344. The van der Waals surface area contributed by atoms with Gasteiger partial charge in [-0.25, -0.2) is 4.98 Å². The van der Waals surface area contributed by atoms with Crippen LogP contribution < -0.4 is 4.90 Å². The smallest absolute Gasteiger partial charge is 0.128 e. The number of aryl methyl sites for hydroxylation is 1. The lowest BCUT2D eigenvalue weighted by Crippen LogP contribution is -2.48. The number of aromatic nitrogens is 1. The maximum absolute atomic E-state index is 5.84. The fraction of sp³-hybridized carbons (Fsp3) is 0.615. The van der Waals surface area contributed by atoms with Gasteiger partial charge in [-0.05, 0) is 26.1 Å². The van der Waals surface area contributed by atoms with E-state index in [4.69, 9.17) is 4.74 Å². The molecule has 92 valence electrons. The topological polar surface area (TPSA) is 28.6 Å². The van der Waals surface area contributed by atoms with Crippen molar-refractivity contribution in [3.05, 3.63) is 23.9 Å². The average molecular weight is 233 g/mol. The van der Waals surface area contributed by atoms with Crippen LogP contribution in [-0.4, -0.2) is 55.3 Å². The number of rotatable bonds is 1. The van der Waals surface area contributed by atoms with Gasteiger partial charge in [0, 0.05) is 25.3 Å².